The van der Waals surface area contributed by atoms with Gasteiger partial charge >= 0.3 is 5.97 Å². The molecule has 4 aromatic rings. The molecule has 1 unspecified atom stereocenters. The molecule has 1 aliphatic heterocycles. The van der Waals surface area contributed by atoms with Crippen molar-refractivity contribution in [2.24, 2.45) is 4.99 Å². The van der Waals surface area contributed by atoms with Gasteiger partial charge in [-0.3, -0.25) is 9.36 Å². The number of hydrogen-bond acceptors (Lipinski definition) is 5. The molecule has 2 aromatic carbocycles. The Morgan fingerprint density at radius 1 is 1.19 bits per heavy atom. The van der Waals surface area contributed by atoms with Crippen LogP contribution in [0.5, 0.6) is 0 Å². The van der Waals surface area contributed by atoms with E-state index in [9.17, 15) is 9.59 Å². The molecule has 0 bridgehead atoms. The van der Waals surface area contributed by atoms with Crippen molar-refractivity contribution < 1.29 is 9.53 Å². The summed E-state index contributed by atoms with van der Waals surface area (Å²) in [6.45, 7) is 10.6. The molecule has 0 fully saturated rings. The molecule has 6 nitrogen and oxygen atoms in total. The lowest BCUT2D eigenvalue weighted by atomic mass is 9.93. The Hall–Kier alpha value is -3.97. The van der Waals surface area contributed by atoms with Crippen LogP contribution in [0.25, 0.3) is 17.0 Å². The molecule has 0 N–H and O–H groups in total. The molecule has 0 saturated carbocycles. The minimum Gasteiger partial charge on any atom is -0.466 e. The van der Waals surface area contributed by atoms with E-state index in [2.05, 4.69) is 54.3 Å². The summed E-state index contributed by atoms with van der Waals surface area (Å²) in [6.07, 6.45) is 5.81. The number of carbonyl (C=O) groups excluding carboxylic acids is 1. The largest absolute Gasteiger partial charge is 0.466 e. The van der Waals surface area contributed by atoms with Crippen LogP contribution < -0.4 is 14.9 Å². The molecule has 0 radical (unpaired) electrons. The number of nitrogens with zero attached hydrogens (tertiary/aromatic N) is 3. The fraction of sp³-hybridized carbons (Fsp3) is 0.233. The SMILES string of the molecule is C=CCn1cc(/C=c2\sc3n(c2=O)C(c2ccc(C(C)C)cc2)C(C(=O)OC)=C(C)N=3)c2ccccc21. The standard InChI is InChI=1S/C30H29N3O3S/c1-6-15-32-17-22(23-9-7-8-10-24(23)32)16-25-28(34)33-27(21-13-11-20(12-14-21)18(2)3)26(29(35)36-5)19(4)31-30(33)37-25/h6-14,16-18,27H,1,15H2,2-5H3/b25-16-. The number of rotatable bonds is 6. The average Bonchev–Trinajstić information content (AvgIpc) is 3.40. The van der Waals surface area contributed by atoms with E-state index < -0.39 is 12.0 Å². The Labute approximate surface area is 219 Å². The van der Waals surface area contributed by atoms with Gasteiger partial charge in [-0.05, 0) is 36.1 Å². The second kappa shape index (κ2) is 9.82. The van der Waals surface area contributed by atoms with Crippen LogP contribution in [0, 0.1) is 0 Å². The summed E-state index contributed by atoms with van der Waals surface area (Å²) in [7, 11) is 1.35. The minimum absolute atomic E-state index is 0.184. The van der Waals surface area contributed by atoms with Crippen molar-refractivity contribution in [2.45, 2.75) is 39.3 Å². The van der Waals surface area contributed by atoms with Crippen molar-refractivity contribution in [3.8, 4) is 0 Å². The van der Waals surface area contributed by atoms with Gasteiger partial charge in [-0.15, -0.1) is 6.58 Å². The highest BCUT2D eigenvalue weighted by molar-refractivity contribution is 7.07. The molecule has 5 rings (SSSR count). The quantitative estimate of drug-likeness (QED) is 0.279. The van der Waals surface area contributed by atoms with Crippen LogP contribution in [0.4, 0.5) is 0 Å². The molecule has 1 aliphatic rings. The molecule has 0 aliphatic carbocycles. The number of benzene rings is 2. The zero-order valence-corrected chi connectivity index (χ0v) is 22.2. The van der Waals surface area contributed by atoms with Gasteiger partial charge in [0.2, 0.25) is 0 Å². The molecule has 7 heteroatoms. The number of esters is 1. The molecular weight excluding hydrogens is 482 g/mol. The number of aromatic nitrogens is 2. The van der Waals surface area contributed by atoms with E-state index in [1.807, 2.05) is 42.6 Å². The van der Waals surface area contributed by atoms with Gasteiger partial charge in [-0.1, -0.05) is 73.7 Å². The first-order valence-electron chi connectivity index (χ1n) is 12.2. The fourth-order valence-corrected chi connectivity index (χ4v) is 5.93. The van der Waals surface area contributed by atoms with Crippen molar-refractivity contribution >= 4 is 34.3 Å². The minimum atomic E-state index is -0.617. The molecular formula is C30H29N3O3S. The van der Waals surface area contributed by atoms with Crippen molar-refractivity contribution in [1.82, 2.24) is 9.13 Å². The molecule has 2 aromatic heterocycles. The number of carbonyl (C=O) groups is 1. The zero-order valence-electron chi connectivity index (χ0n) is 21.4. The van der Waals surface area contributed by atoms with E-state index in [1.54, 1.807) is 11.5 Å². The number of hydrogen-bond donors (Lipinski definition) is 0. The third kappa shape index (κ3) is 4.29. The number of ether oxygens (including phenoxy) is 1. The Balaban J connectivity index is 1.73. The maximum atomic E-state index is 13.9. The van der Waals surface area contributed by atoms with E-state index in [-0.39, 0.29) is 5.56 Å². The van der Waals surface area contributed by atoms with Crippen LogP contribution >= 0.6 is 11.3 Å². The molecule has 0 amide bonds. The number of thiazole rings is 1. The summed E-state index contributed by atoms with van der Waals surface area (Å²) in [5, 5.41) is 1.06. The van der Waals surface area contributed by atoms with Gasteiger partial charge in [0, 0.05) is 29.2 Å². The van der Waals surface area contributed by atoms with Gasteiger partial charge in [0.1, 0.15) is 0 Å². The summed E-state index contributed by atoms with van der Waals surface area (Å²) in [6, 6.07) is 15.6. The molecule has 0 spiro atoms. The molecule has 3 heterocycles. The van der Waals surface area contributed by atoms with Crippen LogP contribution in [0.2, 0.25) is 0 Å². The highest BCUT2D eigenvalue weighted by Gasteiger charge is 2.33. The smallest absolute Gasteiger partial charge is 0.338 e. The number of fused-ring (bicyclic) bond motifs is 2. The van der Waals surface area contributed by atoms with Crippen LogP contribution in [0.3, 0.4) is 0 Å². The van der Waals surface area contributed by atoms with Crippen molar-refractivity contribution in [1.29, 1.82) is 0 Å². The monoisotopic (exact) mass is 511 g/mol. The first-order chi connectivity index (χ1) is 17.8. The lowest BCUT2D eigenvalue weighted by Crippen LogP contribution is -2.39. The Morgan fingerprint density at radius 2 is 1.92 bits per heavy atom. The van der Waals surface area contributed by atoms with Crippen LogP contribution in [-0.2, 0) is 16.1 Å². The van der Waals surface area contributed by atoms with E-state index in [1.165, 1.54) is 24.0 Å². The van der Waals surface area contributed by atoms with Crippen molar-refractivity contribution in [3.05, 3.63) is 115 Å². The fourth-order valence-electron chi connectivity index (χ4n) is 4.89. The summed E-state index contributed by atoms with van der Waals surface area (Å²) >= 11 is 1.33. The van der Waals surface area contributed by atoms with Gasteiger partial charge in [0.25, 0.3) is 5.56 Å². The van der Waals surface area contributed by atoms with Crippen molar-refractivity contribution in [2.75, 3.05) is 7.11 Å². The number of methoxy groups -OCH3 is 1. The van der Waals surface area contributed by atoms with Crippen LogP contribution in [0.1, 0.15) is 49.4 Å². The van der Waals surface area contributed by atoms with Gasteiger partial charge in [-0.2, -0.15) is 0 Å². The first kappa shape index (κ1) is 24.7. The topological polar surface area (TPSA) is 65.6 Å². The molecule has 37 heavy (non-hydrogen) atoms. The lowest BCUT2D eigenvalue weighted by molar-refractivity contribution is -0.136. The highest BCUT2D eigenvalue weighted by Crippen LogP contribution is 2.31. The molecule has 1 atom stereocenters. The predicted molar refractivity (Wildman–Crippen MR) is 148 cm³/mol. The maximum absolute atomic E-state index is 13.9. The molecule has 0 saturated heterocycles. The summed E-state index contributed by atoms with van der Waals surface area (Å²) < 4.78 is 9.42. The predicted octanol–water partition coefficient (Wildman–Crippen LogP) is 4.67. The molecule has 188 valence electrons. The van der Waals surface area contributed by atoms with Gasteiger partial charge < -0.3 is 9.30 Å². The average molecular weight is 512 g/mol. The second-order valence-corrected chi connectivity index (χ2v) is 10.4. The van der Waals surface area contributed by atoms with E-state index in [4.69, 9.17) is 4.74 Å². The third-order valence-corrected chi connectivity index (χ3v) is 7.76. The van der Waals surface area contributed by atoms with Crippen molar-refractivity contribution in [3.63, 3.8) is 0 Å². The summed E-state index contributed by atoms with van der Waals surface area (Å²) in [5.41, 5.74) is 4.80. The number of para-hydroxylation sites is 1. The van der Waals surface area contributed by atoms with Crippen LogP contribution in [-0.4, -0.2) is 22.2 Å². The van der Waals surface area contributed by atoms with Crippen LogP contribution in [0.15, 0.2) is 88.4 Å². The Morgan fingerprint density at radius 3 is 2.59 bits per heavy atom. The van der Waals surface area contributed by atoms with Gasteiger partial charge in [-0.25, -0.2) is 9.79 Å². The van der Waals surface area contributed by atoms with Gasteiger partial charge in [0.05, 0.1) is 29.0 Å². The Kier molecular flexibility index (Phi) is 6.56. The Bertz CT molecular complexity index is 1730. The second-order valence-electron chi connectivity index (χ2n) is 9.44. The first-order valence-corrected chi connectivity index (χ1v) is 13.0. The highest BCUT2D eigenvalue weighted by atomic mass is 32.1. The van der Waals surface area contributed by atoms with E-state index in [0.717, 1.165) is 22.0 Å². The summed E-state index contributed by atoms with van der Waals surface area (Å²) in [5.74, 6) is -0.113. The lowest BCUT2D eigenvalue weighted by Gasteiger charge is -2.24. The zero-order chi connectivity index (χ0) is 26.3. The van der Waals surface area contributed by atoms with E-state index >= 15 is 0 Å². The summed E-state index contributed by atoms with van der Waals surface area (Å²) in [4.78, 5) is 32.0. The normalized spacial score (nSPS) is 15.7. The number of allylic oxidation sites excluding steroid dienone is 2. The van der Waals surface area contributed by atoms with Gasteiger partial charge in [0.15, 0.2) is 4.80 Å². The third-order valence-electron chi connectivity index (χ3n) is 6.78. The van der Waals surface area contributed by atoms with E-state index in [0.29, 0.717) is 33.1 Å². The maximum Gasteiger partial charge on any atom is 0.338 e.